The van der Waals surface area contributed by atoms with Crippen molar-refractivity contribution in [2.45, 2.75) is 26.4 Å². The lowest BCUT2D eigenvalue weighted by Gasteiger charge is -2.28. The lowest BCUT2D eigenvalue weighted by molar-refractivity contribution is -0.147. The number of thiocarbonyl (C=S) groups is 1. The first-order chi connectivity index (χ1) is 16.8. The lowest BCUT2D eigenvalue weighted by atomic mass is 10.0. The van der Waals surface area contributed by atoms with Gasteiger partial charge in [0.1, 0.15) is 6.04 Å². The summed E-state index contributed by atoms with van der Waals surface area (Å²) >= 11 is 11.4. The molecule has 0 aromatic heterocycles. The van der Waals surface area contributed by atoms with Gasteiger partial charge in [-0.05, 0) is 77.3 Å². The lowest BCUT2D eigenvalue weighted by Crippen LogP contribution is -2.45. The quantitative estimate of drug-likeness (QED) is 0.316. The predicted molar refractivity (Wildman–Crippen MR) is 144 cm³/mol. The summed E-state index contributed by atoms with van der Waals surface area (Å²) in [6.45, 7) is 4.20. The van der Waals surface area contributed by atoms with Crippen molar-refractivity contribution in [1.29, 1.82) is 0 Å². The minimum absolute atomic E-state index is 0.0559. The van der Waals surface area contributed by atoms with Gasteiger partial charge in [-0.25, -0.2) is 4.79 Å². The number of hydrogen-bond donors (Lipinski definition) is 2. The molecule has 0 bridgehead atoms. The predicted octanol–water partition coefficient (Wildman–Crippen LogP) is 5.97. The van der Waals surface area contributed by atoms with E-state index in [1.165, 1.54) is 7.11 Å². The van der Waals surface area contributed by atoms with Crippen LogP contribution in [0, 0.1) is 5.92 Å². The van der Waals surface area contributed by atoms with Crippen LogP contribution < -0.4 is 10.6 Å². The second kappa shape index (κ2) is 10.5. The average molecular weight is 508 g/mol. The van der Waals surface area contributed by atoms with Crippen molar-refractivity contribution in [3.8, 4) is 11.1 Å². The van der Waals surface area contributed by atoms with Crippen LogP contribution in [-0.4, -0.2) is 35.0 Å². The first-order valence-electron chi connectivity index (χ1n) is 11.2. The Balaban J connectivity index is 1.46. The number of ether oxygens (including phenoxy) is 1. The first kappa shape index (κ1) is 24.7. The Hall–Kier alpha value is -3.42. The van der Waals surface area contributed by atoms with Gasteiger partial charge < -0.3 is 20.3 Å². The number of carbonyl (C=O) groups is 2. The molecule has 1 aliphatic heterocycles. The SMILES string of the molecule is COC(=O)[C@H](C(C)C)N1Cc2cc(-c3ccc(NC(=S)Nc4cccc(Cl)c4)cc3)ccc2C1=O. The molecule has 0 radical (unpaired) electrons. The van der Waals surface area contributed by atoms with Crippen LogP contribution in [0.1, 0.15) is 29.8 Å². The smallest absolute Gasteiger partial charge is 0.328 e. The Morgan fingerprint density at radius 3 is 2.34 bits per heavy atom. The number of fused-ring (bicyclic) bond motifs is 1. The topological polar surface area (TPSA) is 70.7 Å². The normalized spacial score (nSPS) is 13.4. The number of benzene rings is 3. The molecule has 8 heteroatoms. The Kier molecular flexibility index (Phi) is 7.38. The fourth-order valence-corrected chi connectivity index (χ4v) is 4.66. The zero-order valence-corrected chi connectivity index (χ0v) is 21.2. The number of nitrogens with one attached hydrogen (secondary N) is 2. The first-order valence-corrected chi connectivity index (χ1v) is 12.0. The van der Waals surface area contributed by atoms with Crippen LogP contribution in [0.2, 0.25) is 5.02 Å². The molecule has 0 spiro atoms. The second-order valence-electron chi connectivity index (χ2n) is 8.68. The molecule has 0 unspecified atom stereocenters. The van der Waals surface area contributed by atoms with Crippen LogP contribution in [0.15, 0.2) is 66.7 Å². The third kappa shape index (κ3) is 5.47. The summed E-state index contributed by atoms with van der Waals surface area (Å²) in [6.07, 6.45) is 0. The number of anilines is 2. The van der Waals surface area contributed by atoms with Gasteiger partial charge in [0, 0.05) is 28.5 Å². The number of nitrogens with zero attached hydrogens (tertiary/aromatic N) is 1. The van der Waals surface area contributed by atoms with Crippen LogP contribution in [-0.2, 0) is 16.1 Å². The largest absolute Gasteiger partial charge is 0.467 e. The summed E-state index contributed by atoms with van der Waals surface area (Å²) in [4.78, 5) is 26.9. The Morgan fingerprint density at radius 1 is 1.00 bits per heavy atom. The summed E-state index contributed by atoms with van der Waals surface area (Å²) in [7, 11) is 1.35. The molecule has 1 heterocycles. The van der Waals surface area contributed by atoms with Crippen LogP contribution >= 0.6 is 23.8 Å². The van der Waals surface area contributed by atoms with E-state index in [2.05, 4.69) is 10.6 Å². The minimum atomic E-state index is -0.613. The van der Waals surface area contributed by atoms with Gasteiger partial charge in [0.2, 0.25) is 0 Å². The molecule has 6 nitrogen and oxygen atoms in total. The van der Waals surface area contributed by atoms with Gasteiger partial charge >= 0.3 is 5.97 Å². The van der Waals surface area contributed by atoms with E-state index in [9.17, 15) is 9.59 Å². The summed E-state index contributed by atoms with van der Waals surface area (Å²) in [5, 5.41) is 7.36. The summed E-state index contributed by atoms with van der Waals surface area (Å²) in [5.41, 5.74) is 5.17. The van der Waals surface area contributed by atoms with E-state index < -0.39 is 12.0 Å². The maximum absolute atomic E-state index is 13.0. The van der Waals surface area contributed by atoms with Gasteiger partial charge in [-0.15, -0.1) is 0 Å². The van der Waals surface area contributed by atoms with Crippen LogP contribution in [0.25, 0.3) is 11.1 Å². The molecule has 0 aliphatic carbocycles. The highest BCUT2D eigenvalue weighted by molar-refractivity contribution is 7.80. The maximum Gasteiger partial charge on any atom is 0.328 e. The molecule has 180 valence electrons. The number of hydrogen-bond acceptors (Lipinski definition) is 4. The van der Waals surface area contributed by atoms with Crippen molar-refractivity contribution < 1.29 is 14.3 Å². The third-order valence-corrected chi connectivity index (χ3v) is 6.34. The monoisotopic (exact) mass is 507 g/mol. The molecule has 3 aromatic rings. The Bertz CT molecular complexity index is 1280. The number of rotatable bonds is 6. The van der Waals surface area contributed by atoms with Crippen LogP contribution in [0.5, 0.6) is 0 Å². The van der Waals surface area contributed by atoms with E-state index >= 15 is 0 Å². The Morgan fingerprint density at radius 2 is 1.69 bits per heavy atom. The van der Waals surface area contributed by atoms with Crippen molar-refractivity contribution in [3.05, 3.63) is 82.9 Å². The zero-order valence-electron chi connectivity index (χ0n) is 19.7. The number of methoxy groups -OCH3 is 1. The fourth-order valence-electron chi connectivity index (χ4n) is 4.23. The van der Waals surface area contributed by atoms with Crippen molar-refractivity contribution >= 4 is 52.2 Å². The summed E-state index contributed by atoms with van der Waals surface area (Å²) in [6, 6.07) is 20.4. The number of esters is 1. The number of halogens is 1. The van der Waals surface area contributed by atoms with Gasteiger partial charge in [-0.2, -0.15) is 0 Å². The average Bonchev–Trinajstić information content (AvgIpc) is 3.14. The number of carbonyl (C=O) groups excluding carboxylic acids is 2. The maximum atomic E-state index is 13.0. The molecule has 0 saturated carbocycles. The molecule has 0 saturated heterocycles. The second-order valence-corrected chi connectivity index (χ2v) is 9.53. The summed E-state index contributed by atoms with van der Waals surface area (Å²) in [5.74, 6) is -0.595. The molecule has 1 amide bonds. The van der Waals surface area contributed by atoms with E-state index in [0.717, 1.165) is 28.1 Å². The van der Waals surface area contributed by atoms with Crippen molar-refractivity contribution in [3.63, 3.8) is 0 Å². The highest BCUT2D eigenvalue weighted by atomic mass is 35.5. The van der Waals surface area contributed by atoms with Crippen LogP contribution in [0.3, 0.4) is 0 Å². The van der Waals surface area contributed by atoms with E-state index in [4.69, 9.17) is 28.6 Å². The molecule has 0 fully saturated rings. The fraction of sp³-hybridized carbons (Fsp3) is 0.222. The molecule has 2 N–H and O–H groups in total. The van der Waals surface area contributed by atoms with Crippen LogP contribution in [0.4, 0.5) is 11.4 Å². The van der Waals surface area contributed by atoms with E-state index in [1.807, 2.05) is 68.4 Å². The van der Waals surface area contributed by atoms with Gasteiger partial charge in [-0.1, -0.05) is 49.7 Å². The van der Waals surface area contributed by atoms with Crippen molar-refractivity contribution in [1.82, 2.24) is 4.90 Å². The van der Waals surface area contributed by atoms with E-state index in [1.54, 1.807) is 17.0 Å². The molecule has 4 rings (SSSR count). The van der Waals surface area contributed by atoms with Gasteiger partial charge in [0.05, 0.1) is 7.11 Å². The molecular formula is C27H26ClN3O3S. The highest BCUT2D eigenvalue weighted by Crippen LogP contribution is 2.32. The van der Waals surface area contributed by atoms with Gasteiger partial charge in [0.25, 0.3) is 5.91 Å². The molecule has 1 aliphatic rings. The Labute approximate surface area is 215 Å². The summed E-state index contributed by atoms with van der Waals surface area (Å²) < 4.78 is 4.95. The standard InChI is InChI=1S/C27H26ClN3O3S/c1-16(2)24(26(33)34-3)31-15-19-13-18(9-12-23(19)25(31)32)17-7-10-21(11-8-17)29-27(35)30-22-6-4-5-20(28)14-22/h4-14,16,24H,15H2,1-3H3,(H2,29,30,35)/t24-/m0/s1. The van der Waals surface area contributed by atoms with E-state index in [0.29, 0.717) is 22.2 Å². The zero-order chi connectivity index (χ0) is 25.1. The van der Waals surface area contributed by atoms with Gasteiger partial charge in [0.15, 0.2) is 5.11 Å². The van der Waals surface area contributed by atoms with Crippen molar-refractivity contribution in [2.24, 2.45) is 5.92 Å². The van der Waals surface area contributed by atoms with Crippen molar-refractivity contribution in [2.75, 3.05) is 17.7 Å². The molecule has 3 aromatic carbocycles. The minimum Gasteiger partial charge on any atom is -0.467 e. The molecule has 1 atom stereocenters. The highest BCUT2D eigenvalue weighted by Gasteiger charge is 2.38. The molecule has 35 heavy (non-hydrogen) atoms. The third-order valence-electron chi connectivity index (χ3n) is 5.91. The number of amides is 1. The molecular weight excluding hydrogens is 482 g/mol. The van der Waals surface area contributed by atoms with Gasteiger partial charge in [-0.3, -0.25) is 4.79 Å². The van der Waals surface area contributed by atoms with E-state index in [-0.39, 0.29) is 11.8 Å².